The van der Waals surface area contributed by atoms with Gasteiger partial charge in [0.2, 0.25) is 0 Å². The predicted molar refractivity (Wildman–Crippen MR) is 75.6 cm³/mol. The van der Waals surface area contributed by atoms with Crippen molar-refractivity contribution < 1.29 is 0 Å². The lowest BCUT2D eigenvalue weighted by Crippen LogP contribution is -2.37. The molecule has 0 aliphatic rings. The summed E-state index contributed by atoms with van der Waals surface area (Å²) >= 11 is 3.98. The Kier molecular flexibility index (Phi) is 5.62. The number of halogens is 1. The molecule has 0 saturated carbocycles. The van der Waals surface area contributed by atoms with Crippen LogP contribution in [-0.2, 0) is 0 Å². The van der Waals surface area contributed by atoms with Crippen LogP contribution in [0.2, 0.25) is 12.6 Å². The van der Waals surface area contributed by atoms with Gasteiger partial charge in [0.1, 0.15) is 0 Å². The van der Waals surface area contributed by atoms with Crippen molar-refractivity contribution in [1.29, 1.82) is 0 Å². The van der Waals surface area contributed by atoms with Gasteiger partial charge in [0.05, 0.1) is 0 Å². The van der Waals surface area contributed by atoms with Gasteiger partial charge in [0.25, 0.3) is 0 Å². The van der Waals surface area contributed by atoms with Crippen LogP contribution in [0.1, 0.15) is 32.6 Å². The smallest absolute Gasteiger partial charge is 0.120 e. The summed E-state index contributed by atoms with van der Waals surface area (Å²) in [5.41, 5.74) is 0. The molecule has 1 aromatic rings. The van der Waals surface area contributed by atoms with E-state index in [0.29, 0.717) is 0 Å². The number of hydrogen-bond donors (Lipinski definition) is 0. The van der Waals surface area contributed by atoms with E-state index in [-0.39, 0.29) is 0 Å². The quantitative estimate of drug-likeness (QED) is 0.412. The number of hydrogen-bond acceptors (Lipinski definition) is 0. The van der Waals surface area contributed by atoms with Gasteiger partial charge in [0, 0.05) is 0 Å². The van der Waals surface area contributed by atoms with Gasteiger partial charge >= 0.3 is 0 Å². The molecule has 1 rings (SSSR count). The van der Waals surface area contributed by atoms with Crippen molar-refractivity contribution >= 4 is 27.2 Å². The minimum absolute atomic E-state index is 1.32. The van der Waals surface area contributed by atoms with E-state index in [9.17, 15) is 0 Å². The zero-order chi connectivity index (χ0) is 11.1. The summed E-state index contributed by atoms with van der Waals surface area (Å²) in [6.45, 7) is 3.36. The topological polar surface area (TPSA) is 0 Å². The molecule has 1 atom stereocenters. The van der Waals surface area contributed by atoms with Crippen molar-refractivity contribution in [2.75, 3.05) is 0 Å². The van der Waals surface area contributed by atoms with E-state index in [4.69, 9.17) is 0 Å². The molecule has 0 aliphatic heterocycles. The summed E-state index contributed by atoms with van der Waals surface area (Å²) in [7, 11) is 0. The first-order chi connectivity index (χ1) is 7.17. The highest BCUT2D eigenvalue weighted by atomic mass is 79.9. The normalized spacial score (nSPS) is 14.9. The van der Waals surface area contributed by atoms with E-state index in [1.165, 1.54) is 36.9 Å². The average molecular weight is 285 g/mol. The van der Waals surface area contributed by atoms with Crippen LogP contribution < -0.4 is 5.19 Å². The Morgan fingerprint density at radius 3 is 2.33 bits per heavy atom. The molecule has 15 heavy (non-hydrogen) atoms. The largest absolute Gasteiger partial charge is 0.157 e. The second kappa shape index (κ2) is 6.49. The third kappa shape index (κ3) is 4.52. The van der Waals surface area contributed by atoms with Crippen LogP contribution in [-0.4, -0.2) is 6.69 Å². The predicted octanol–water partition coefficient (Wildman–Crippen LogP) is 4.44. The van der Waals surface area contributed by atoms with Crippen molar-refractivity contribution in [3.05, 3.63) is 30.3 Å². The summed E-state index contributed by atoms with van der Waals surface area (Å²) in [6.07, 6.45) is 5.46. The van der Waals surface area contributed by atoms with E-state index < -0.39 is 6.69 Å². The maximum absolute atomic E-state index is 3.98. The maximum Gasteiger partial charge on any atom is 0.157 e. The fraction of sp³-hybridized carbons (Fsp3) is 0.538. The van der Waals surface area contributed by atoms with Gasteiger partial charge in [0.15, 0.2) is 6.69 Å². The number of unbranched alkanes of at least 4 members (excludes halogenated alkanes) is 3. The highest BCUT2D eigenvalue weighted by Gasteiger charge is 2.24. The lowest BCUT2D eigenvalue weighted by Gasteiger charge is -2.20. The molecule has 0 aliphatic carbocycles. The van der Waals surface area contributed by atoms with Gasteiger partial charge in [-0.25, -0.2) is 0 Å². The summed E-state index contributed by atoms with van der Waals surface area (Å²) in [4.78, 5) is 0. The van der Waals surface area contributed by atoms with Crippen LogP contribution >= 0.6 is 15.3 Å². The number of benzene rings is 1. The van der Waals surface area contributed by atoms with E-state index >= 15 is 0 Å². The van der Waals surface area contributed by atoms with E-state index in [1.54, 1.807) is 0 Å². The molecular weight excluding hydrogens is 264 g/mol. The Morgan fingerprint density at radius 2 is 1.73 bits per heavy atom. The first kappa shape index (κ1) is 13.0. The molecule has 0 fully saturated rings. The SMILES string of the molecule is CCCCCC[Si](C)(Br)c1ccccc1. The Bertz CT molecular complexity index is 269. The first-order valence-electron chi connectivity index (χ1n) is 5.91. The minimum atomic E-state index is -1.32. The molecule has 0 spiro atoms. The summed E-state index contributed by atoms with van der Waals surface area (Å²) < 4.78 is 0. The third-order valence-corrected chi connectivity index (χ3v) is 8.27. The van der Waals surface area contributed by atoms with Gasteiger partial charge in [-0.05, 0) is 11.2 Å². The van der Waals surface area contributed by atoms with Crippen LogP contribution in [0.25, 0.3) is 0 Å². The molecule has 0 saturated heterocycles. The molecule has 0 amide bonds. The van der Waals surface area contributed by atoms with Crippen molar-refractivity contribution in [2.24, 2.45) is 0 Å². The van der Waals surface area contributed by atoms with Crippen LogP contribution in [0.4, 0.5) is 0 Å². The molecule has 1 unspecified atom stereocenters. The van der Waals surface area contributed by atoms with Gasteiger partial charge in [-0.15, -0.1) is 15.3 Å². The molecule has 0 N–H and O–H groups in total. The fourth-order valence-corrected chi connectivity index (χ4v) is 5.54. The van der Waals surface area contributed by atoms with Gasteiger partial charge < -0.3 is 0 Å². The van der Waals surface area contributed by atoms with Crippen molar-refractivity contribution in [1.82, 2.24) is 0 Å². The second-order valence-corrected chi connectivity index (χ2v) is 13.1. The average Bonchev–Trinajstić information content (AvgIpc) is 2.26. The summed E-state index contributed by atoms with van der Waals surface area (Å²) in [5, 5.41) is 1.53. The molecule has 0 heterocycles. The molecule has 1 aromatic carbocycles. The first-order valence-corrected chi connectivity index (χ1v) is 10.9. The van der Waals surface area contributed by atoms with Gasteiger partial charge in [-0.2, -0.15) is 0 Å². The van der Waals surface area contributed by atoms with E-state index in [0.717, 1.165) is 0 Å². The van der Waals surface area contributed by atoms with E-state index in [1.807, 2.05) is 0 Å². The zero-order valence-corrected chi connectivity index (χ0v) is 12.4. The van der Waals surface area contributed by atoms with Crippen LogP contribution in [0.3, 0.4) is 0 Å². The van der Waals surface area contributed by atoms with Crippen LogP contribution in [0.15, 0.2) is 30.3 Å². The minimum Gasteiger partial charge on any atom is -0.120 e. The molecule has 2 heteroatoms. The van der Waals surface area contributed by atoms with E-state index in [2.05, 4.69) is 59.1 Å². The lowest BCUT2D eigenvalue weighted by molar-refractivity contribution is 0.699. The van der Waals surface area contributed by atoms with Crippen molar-refractivity contribution in [3.63, 3.8) is 0 Å². The van der Waals surface area contributed by atoms with Crippen LogP contribution in [0, 0.1) is 0 Å². The Balaban J connectivity index is 2.45. The van der Waals surface area contributed by atoms with Crippen LogP contribution in [0.5, 0.6) is 0 Å². The molecular formula is C13H21BrSi. The van der Waals surface area contributed by atoms with Crippen molar-refractivity contribution in [2.45, 2.75) is 45.2 Å². The molecule has 84 valence electrons. The summed E-state index contributed by atoms with van der Waals surface area (Å²) in [5.74, 6) is 0. The highest BCUT2D eigenvalue weighted by molar-refractivity contribution is 9.26. The number of rotatable bonds is 6. The standard InChI is InChI=1S/C13H21BrSi/c1-3-4-5-9-12-15(2,14)13-10-7-6-8-11-13/h6-8,10-11H,3-5,9,12H2,1-2H3. The highest BCUT2D eigenvalue weighted by Crippen LogP contribution is 2.21. The molecule has 0 bridgehead atoms. The zero-order valence-electron chi connectivity index (χ0n) is 9.80. The lowest BCUT2D eigenvalue weighted by atomic mass is 10.2. The van der Waals surface area contributed by atoms with Gasteiger partial charge in [-0.1, -0.05) is 69.5 Å². The molecule has 0 radical (unpaired) electrons. The summed E-state index contributed by atoms with van der Waals surface area (Å²) in [6, 6.07) is 12.3. The van der Waals surface area contributed by atoms with Crippen molar-refractivity contribution in [3.8, 4) is 0 Å². The van der Waals surface area contributed by atoms with Gasteiger partial charge in [-0.3, -0.25) is 0 Å². The second-order valence-electron chi connectivity index (χ2n) is 4.37. The Labute approximate surface area is 103 Å². The third-order valence-electron chi connectivity index (χ3n) is 2.88. The Morgan fingerprint density at radius 1 is 1.07 bits per heavy atom. The monoisotopic (exact) mass is 284 g/mol. The molecule has 0 aromatic heterocycles. The molecule has 0 nitrogen and oxygen atoms in total. The Hall–Kier alpha value is -0.0831. The maximum atomic E-state index is 3.98. The fourth-order valence-electron chi connectivity index (χ4n) is 1.81.